The molecule has 6 nitrogen and oxygen atoms in total. The highest BCUT2D eigenvalue weighted by Crippen LogP contribution is 2.17. The molecule has 3 aromatic rings. The van der Waals surface area contributed by atoms with Crippen molar-refractivity contribution in [3.05, 3.63) is 36.0 Å². The van der Waals surface area contributed by atoms with Crippen LogP contribution in [0.2, 0.25) is 5.15 Å². The van der Waals surface area contributed by atoms with Crippen LogP contribution < -0.4 is 0 Å². The summed E-state index contributed by atoms with van der Waals surface area (Å²) in [6.07, 6.45) is 4.79. The van der Waals surface area contributed by atoms with E-state index in [1.807, 2.05) is 0 Å². The third kappa shape index (κ3) is 1.40. The predicted molar refractivity (Wildman–Crippen MR) is 56.8 cm³/mol. The zero-order chi connectivity index (χ0) is 11.0. The van der Waals surface area contributed by atoms with Gasteiger partial charge in [-0.15, -0.1) is 10.2 Å². The molecule has 3 aromatic heterocycles. The summed E-state index contributed by atoms with van der Waals surface area (Å²) in [6, 6.07) is 3.45. The zero-order valence-corrected chi connectivity index (χ0v) is 8.70. The van der Waals surface area contributed by atoms with Crippen molar-refractivity contribution in [2.45, 2.75) is 0 Å². The van der Waals surface area contributed by atoms with Crippen molar-refractivity contribution in [3.63, 3.8) is 0 Å². The molecule has 0 N–H and O–H groups in total. The monoisotopic (exact) mass is 232 g/mol. The number of aromatic nitrogens is 6. The third-order valence-electron chi connectivity index (χ3n) is 2.11. The molecule has 0 aromatic carbocycles. The average Bonchev–Trinajstić information content (AvgIpc) is 2.73. The standard InChI is InChI=1S/C9H5ClN6/c10-7-3-8-14-15-9(16(8)5-11-7)6-1-2-12-13-4-6/h1-5H. The van der Waals surface area contributed by atoms with Crippen LogP contribution in [-0.4, -0.2) is 29.8 Å². The van der Waals surface area contributed by atoms with Crippen molar-refractivity contribution in [2.75, 3.05) is 0 Å². The van der Waals surface area contributed by atoms with E-state index in [-0.39, 0.29) is 0 Å². The lowest BCUT2D eigenvalue weighted by Crippen LogP contribution is -1.92. The molecular weight excluding hydrogens is 228 g/mol. The largest absolute Gasteiger partial charge is 0.265 e. The molecule has 0 aliphatic rings. The first-order valence-corrected chi connectivity index (χ1v) is 4.86. The van der Waals surface area contributed by atoms with Crippen molar-refractivity contribution in [2.24, 2.45) is 0 Å². The van der Waals surface area contributed by atoms with E-state index in [4.69, 9.17) is 11.6 Å². The number of hydrogen-bond acceptors (Lipinski definition) is 5. The van der Waals surface area contributed by atoms with Gasteiger partial charge in [0, 0.05) is 11.6 Å². The molecule has 7 heteroatoms. The second kappa shape index (κ2) is 3.49. The van der Waals surface area contributed by atoms with E-state index in [0.717, 1.165) is 5.56 Å². The average molecular weight is 233 g/mol. The minimum absolute atomic E-state index is 0.388. The van der Waals surface area contributed by atoms with Crippen molar-refractivity contribution < 1.29 is 0 Å². The fourth-order valence-corrected chi connectivity index (χ4v) is 1.53. The Hall–Kier alpha value is -2.08. The lowest BCUT2D eigenvalue weighted by molar-refractivity contribution is 1.01. The molecule has 3 heterocycles. The van der Waals surface area contributed by atoms with E-state index in [9.17, 15) is 0 Å². The maximum Gasteiger partial charge on any atom is 0.171 e. The molecule has 78 valence electrons. The van der Waals surface area contributed by atoms with Crippen LogP contribution in [0.3, 0.4) is 0 Å². The van der Waals surface area contributed by atoms with E-state index in [0.29, 0.717) is 16.6 Å². The van der Waals surface area contributed by atoms with Crippen LogP contribution >= 0.6 is 11.6 Å². The summed E-state index contributed by atoms with van der Waals surface area (Å²) in [4.78, 5) is 3.98. The highest BCUT2D eigenvalue weighted by molar-refractivity contribution is 6.29. The van der Waals surface area contributed by atoms with Gasteiger partial charge in [-0.05, 0) is 6.07 Å². The van der Waals surface area contributed by atoms with E-state index >= 15 is 0 Å². The molecule has 0 bridgehead atoms. The zero-order valence-electron chi connectivity index (χ0n) is 7.95. The van der Waals surface area contributed by atoms with Gasteiger partial charge in [-0.2, -0.15) is 10.2 Å². The molecule has 0 aliphatic carbocycles. The Morgan fingerprint density at radius 1 is 1.19 bits per heavy atom. The van der Waals surface area contributed by atoms with Crippen LogP contribution in [0.5, 0.6) is 0 Å². The molecule has 0 atom stereocenters. The van der Waals surface area contributed by atoms with E-state index < -0.39 is 0 Å². The summed E-state index contributed by atoms with van der Waals surface area (Å²) < 4.78 is 1.74. The van der Waals surface area contributed by atoms with Gasteiger partial charge in [-0.1, -0.05) is 11.6 Å². The van der Waals surface area contributed by atoms with Crippen molar-refractivity contribution in [1.29, 1.82) is 0 Å². The van der Waals surface area contributed by atoms with Gasteiger partial charge in [0.05, 0.1) is 12.4 Å². The Morgan fingerprint density at radius 2 is 2.12 bits per heavy atom. The Balaban J connectivity index is 2.26. The van der Waals surface area contributed by atoms with Gasteiger partial charge in [0.2, 0.25) is 0 Å². The van der Waals surface area contributed by atoms with Gasteiger partial charge in [-0.25, -0.2) is 4.98 Å². The minimum Gasteiger partial charge on any atom is -0.265 e. The van der Waals surface area contributed by atoms with Crippen molar-refractivity contribution in [3.8, 4) is 11.4 Å². The molecule has 0 fully saturated rings. The first kappa shape index (κ1) is 9.17. The normalized spacial score (nSPS) is 10.8. The molecule has 0 unspecified atom stereocenters. The van der Waals surface area contributed by atoms with Crippen LogP contribution in [0.15, 0.2) is 30.9 Å². The fraction of sp³-hybridized carbons (Fsp3) is 0. The maximum atomic E-state index is 5.76. The van der Waals surface area contributed by atoms with Crippen LogP contribution in [-0.2, 0) is 0 Å². The summed E-state index contributed by atoms with van der Waals surface area (Å²) in [5.41, 5.74) is 1.47. The van der Waals surface area contributed by atoms with Gasteiger partial charge >= 0.3 is 0 Å². The second-order valence-corrected chi connectivity index (χ2v) is 3.48. The van der Waals surface area contributed by atoms with Gasteiger partial charge in [0.15, 0.2) is 11.5 Å². The topological polar surface area (TPSA) is 68.9 Å². The molecule has 3 rings (SSSR count). The molecule has 0 aliphatic heterocycles. The maximum absolute atomic E-state index is 5.76. The van der Waals surface area contributed by atoms with Crippen molar-refractivity contribution in [1.82, 2.24) is 29.8 Å². The Bertz CT molecular complexity index is 635. The summed E-state index contributed by atoms with van der Waals surface area (Å²) >= 11 is 5.76. The Labute approximate surface area is 94.9 Å². The summed E-state index contributed by atoms with van der Waals surface area (Å²) in [5, 5.41) is 15.9. The summed E-state index contributed by atoms with van der Waals surface area (Å²) in [7, 11) is 0. The Kier molecular flexibility index (Phi) is 2.00. The van der Waals surface area contributed by atoms with Gasteiger partial charge < -0.3 is 0 Å². The highest BCUT2D eigenvalue weighted by atomic mass is 35.5. The highest BCUT2D eigenvalue weighted by Gasteiger charge is 2.08. The van der Waals surface area contributed by atoms with Crippen molar-refractivity contribution >= 4 is 17.2 Å². The Morgan fingerprint density at radius 3 is 2.94 bits per heavy atom. The van der Waals surface area contributed by atoms with Gasteiger partial charge in [-0.3, -0.25) is 4.40 Å². The first-order valence-electron chi connectivity index (χ1n) is 4.48. The summed E-state index contributed by atoms with van der Waals surface area (Å²) in [6.45, 7) is 0. The number of rotatable bonds is 1. The lowest BCUT2D eigenvalue weighted by atomic mass is 10.3. The SMILES string of the molecule is Clc1cc2nnc(-c3ccnnc3)n2cn1. The van der Waals surface area contributed by atoms with Crippen LogP contribution in [0, 0.1) is 0 Å². The lowest BCUT2D eigenvalue weighted by Gasteiger charge is -1.97. The van der Waals surface area contributed by atoms with Crippen LogP contribution in [0.4, 0.5) is 0 Å². The molecule has 0 radical (unpaired) electrons. The quantitative estimate of drug-likeness (QED) is 0.591. The number of nitrogens with zero attached hydrogens (tertiary/aromatic N) is 6. The second-order valence-electron chi connectivity index (χ2n) is 3.09. The van der Waals surface area contributed by atoms with Crippen LogP contribution in [0.25, 0.3) is 17.0 Å². The molecule has 0 saturated carbocycles. The molecule has 0 amide bonds. The van der Waals surface area contributed by atoms with E-state index in [2.05, 4.69) is 25.4 Å². The smallest absolute Gasteiger partial charge is 0.171 e. The predicted octanol–water partition coefficient (Wildman–Crippen LogP) is 1.23. The molecule has 16 heavy (non-hydrogen) atoms. The van der Waals surface area contributed by atoms with Gasteiger partial charge in [0.25, 0.3) is 0 Å². The summed E-state index contributed by atoms with van der Waals surface area (Å²) in [5.74, 6) is 0.661. The van der Waals surface area contributed by atoms with E-state index in [1.165, 1.54) is 0 Å². The molecular formula is C9H5ClN6. The number of fused-ring (bicyclic) bond motifs is 1. The number of hydrogen-bond donors (Lipinski definition) is 0. The van der Waals surface area contributed by atoms with Crippen LogP contribution in [0.1, 0.15) is 0 Å². The minimum atomic E-state index is 0.388. The molecule has 0 saturated heterocycles. The fourth-order valence-electron chi connectivity index (χ4n) is 1.39. The van der Waals surface area contributed by atoms with Gasteiger partial charge in [0.1, 0.15) is 11.5 Å². The number of halogens is 1. The molecule has 0 spiro atoms. The third-order valence-corrected chi connectivity index (χ3v) is 2.32. The first-order chi connectivity index (χ1) is 7.84. The van der Waals surface area contributed by atoms with E-state index in [1.54, 1.807) is 35.3 Å².